The summed E-state index contributed by atoms with van der Waals surface area (Å²) in [6, 6.07) is 29.1. The van der Waals surface area contributed by atoms with Crippen molar-refractivity contribution in [2.75, 3.05) is 17.1 Å². The van der Waals surface area contributed by atoms with E-state index in [9.17, 15) is 18.0 Å². The van der Waals surface area contributed by atoms with Gasteiger partial charge in [-0.25, -0.2) is 8.42 Å². The average molecular weight is 709 g/mol. The van der Waals surface area contributed by atoms with Crippen LogP contribution in [0.4, 0.5) is 5.69 Å². The third-order valence-corrected chi connectivity index (χ3v) is 10.2. The summed E-state index contributed by atoms with van der Waals surface area (Å²) in [5.74, 6) is 0.239. The van der Waals surface area contributed by atoms with Crippen molar-refractivity contribution < 1.29 is 22.7 Å². The number of hydrogen-bond donors (Lipinski definition) is 1. The number of halogens is 2. The number of sulfonamides is 1. The number of carbonyl (C=O) groups is 2. The third-order valence-electron chi connectivity index (χ3n) is 8.40. The number of amides is 2. The van der Waals surface area contributed by atoms with Crippen molar-refractivity contribution in [3.05, 3.63) is 124 Å². The second-order valence-electron chi connectivity index (χ2n) is 11.9. The van der Waals surface area contributed by atoms with E-state index in [0.717, 1.165) is 48.2 Å². The number of benzene rings is 4. The molecule has 0 radical (unpaired) electrons. The van der Waals surface area contributed by atoms with Crippen molar-refractivity contribution >= 4 is 50.7 Å². The Morgan fingerprint density at radius 2 is 1.40 bits per heavy atom. The van der Waals surface area contributed by atoms with Gasteiger partial charge in [-0.2, -0.15) is 0 Å². The molecule has 0 aromatic heterocycles. The summed E-state index contributed by atoms with van der Waals surface area (Å²) in [6.07, 6.45) is 6.13. The van der Waals surface area contributed by atoms with Crippen molar-refractivity contribution in [2.45, 2.75) is 57.2 Å². The standard InChI is InChI=1S/C37H39Cl2N3O5S/c1-48(45,46)42(29-20-22-31(23-21-29)47-30-16-9-4-10-17-30)26-36(43)41(25-32-33(38)18-11-19-34(32)39)35(24-27-12-5-2-6-13-27)37(44)40-28-14-7-3-8-15-28/h2,4-6,9-13,16-23,28,35H,3,7-8,14-15,24-26H2,1H3,(H,40,44)/t35-/m1/s1. The van der Waals surface area contributed by atoms with Crippen molar-refractivity contribution in [2.24, 2.45) is 0 Å². The molecule has 1 N–H and O–H groups in total. The van der Waals surface area contributed by atoms with Crippen LogP contribution in [-0.4, -0.2) is 50.0 Å². The lowest BCUT2D eigenvalue weighted by Crippen LogP contribution is -2.55. The number of carbonyl (C=O) groups excluding carboxylic acids is 2. The summed E-state index contributed by atoms with van der Waals surface area (Å²) >= 11 is 13.2. The van der Waals surface area contributed by atoms with Crippen molar-refractivity contribution in [3.8, 4) is 11.5 Å². The zero-order valence-electron chi connectivity index (χ0n) is 26.7. The maximum Gasteiger partial charge on any atom is 0.244 e. The predicted octanol–water partition coefficient (Wildman–Crippen LogP) is 7.64. The van der Waals surface area contributed by atoms with Gasteiger partial charge in [0.1, 0.15) is 24.1 Å². The number of para-hydroxylation sites is 1. The van der Waals surface area contributed by atoms with Crippen LogP contribution in [0.3, 0.4) is 0 Å². The Balaban J connectivity index is 1.49. The molecule has 252 valence electrons. The molecule has 4 aromatic rings. The fourth-order valence-corrected chi connectivity index (χ4v) is 7.24. The molecule has 5 rings (SSSR count). The Hall–Kier alpha value is -4.05. The summed E-state index contributed by atoms with van der Waals surface area (Å²) in [6.45, 7) is -0.657. The van der Waals surface area contributed by atoms with E-state index in [2.05, 4.69) is 5.32 Å². The fourth-order valence-electron chi connectivity index (χ4n) is 5.87. The molecule has 0 aliphatic heterocycles. The number of rotatable bonds is 13. The summed E-state index contributed by atoms with van der Waals surface area (Å²) in [7, 11) is -3.94. The van der Waals surface area contributed by atoms with E-state index in [-0.39, 0.29) is 30.6 Å². The van der Waals surface area contributed by atoms with Gasteiger partial charge in [0.15, 0.2) is 0 Å². The highest BCUT2D eigenvalue weighted by Crippen LogP contribution is 2.29. The van der Waals surface area contributed by atoms with Gasteiger partial charge in [-0.1, -0.05) is 97.1 Å². The molecule has 1 fully saturated rings. The van der Waals surface area contributed by atoms with Gasteiger partial charge in [-0.15, -0.1) is 0 Å². The molecule has 1 saturated carbocycles. The van der Waals surface area contributed by atoms with E-state index in [1.165, 1.54) is 4.90 Å². The number of ether oxygens (including phenoxy) is 1. The number of nitrogens with one attached hydrogen (secondary N) is 1. The van der Waals surface area contributed by atoms with E-state index in [1.807, 2.05) is 60.7 Å². The molecule has 0 heterocycles. The molecule has 1 atom stereocenters. The Bertz CT molecular complexity index is 1760. The van der Waals surface area contributed by atoms with Crippen molar-refractivity contribution in [1.82, 2.24) is 10.2 Å². The lowest BCUT2D eigenvalue weighted by Gasteiger charge is -2.35. The van der Waals surface area contributed by atoms with Gasteiger partial charge < -0.3 is 15.0 Å². The lowest BCUT2D eigenvalue weighted by atomic mass is 9.94. The topological polar surface area (TPSA) is 96.0 Å². The molecule has 4 aromatic carbocycles. The van der Waals surface area contributed by atoms with Crippen LogP contribution >= 0.6 is 23.2 Å². The molecule has 0 bridgehead atoms. The number of nitrogens with zero attached hydrogens (tertiary/aromatic N) is 2. The van der Waals surface area contributed by atoms with E-state index in [0.29, 0.717) is 27.1 Å². The molecular weight excluding hydrogens is 669 g/mol. The summed E-state index contributed by atoms with van der Waals surface area (Å²) in [5, 5.41) is 3.85. The first-order valence-electron chi connectivity index (χ1n) is 16.0. The van der Waals surface area contributed by atoms with Crippen LogP contribution in [0.5, 0.6) is 11.5 Å². The highest BCUT2D eigenvalue weighted by molar-refractivity contribution is 7.92. The molecule has 11 heteroatoms. The summed E-state index contributed by atoms with van der Waals surface area (Å²) < 4.78 is 33.3. The van der Waals surface area contributed by atoms with Crippen LogP contribution < -0.4 is 14.4 Å². The maximum absolute atomic E-state index is 14.5. The number of hydrogen-bond acceptors (Lipinski definition) is 5. The first-order chi connectivity index (χ1) is 23.1. The molecular formula is C37H39Cl2N3O5S. The molecule has 0 unspecified atom stereocenters. The second-order valence-corrected chi connectivity index (χ2v) is 14.7. The minimum Gasteiger partial charge on any atom is -0.457 e. The first-order valence-corrected chi connectivity index (χ1v) is 18.6. The van der Waals surface area contributed by atoms with E-state index >= 15 is 0 Å². The highest BCUT2D eigenvalue weighted by atomic mass is 35.5. The summed E-state index contributed by atoms with van der Waals surface area (Å²) in [5.41, 5.74) is 1.58. The molecule has 1 aliphatic carbocycles. The van der Waals surface area contributed by atoms with Crippen LogP contribution in [0.1, 0.15) is 43.2 Å². The Morgan fingerprint density at radius 3 is 2.00 bits per heavy atom. The lowest BCUT2D eigenvalue weighted by molar-refractivity contribution is -0.140. The van der Waals surface area contributed by atoms with Gasteiger partial charge in [0.05, 0.1) is 11.9 Å². The molecule has 0 spiro atoms. The fraction of sp³-hybridized carbons (Fsp3) is 0.297. The smallest absolute Gasteiger partial charge is 0.244 e. The quantitative estimate of drug-likeness (QED) is 0.154. The molecule has 1 aliphatic rings. The van der Waals surface area contributed by atoms with Gasteiger partial charge in [-0.3, -0.25) is 13.9 Å². The zero-order chi connectivity index (χ0) is 34.1. The van der Waals surface area contributed by atoms with Gasteiger partial charge >= 0.3 is 0 Å². The monoisotopic (exact) mass is 707 g/mol. The van der Waals surface area contributed by atoms with Gasteiger partial charge in [0.25, 0.3) is 0 Å². The predicted molar refractivity (Wildman–Crippen MR) is 191 cm³/mol. The normalized spacial score (nSPS) is 14.1. The van der Waals surface area contributed by atoms with Crippen LogP contribution in [0.15, 0.2) is 103 Å². The van der Waals surface area contributed by atoms with E-state index in [1.54, 1.807) is 42.5 Å². The van der Waals surface area contributed by atoms with Crippen molar-refractivity contribution in [3.63, 3.8) is 0 Å². The molecule has 2 amide bonds. The molecule has 8 nitrogen and oxygen atoms in total. The average Bonchev–Trinajstić information content (AvgIpc) is 3.07. The van der Waals surface area contributed by atoms with Crippen LogP contribution in [0.2, 0.25) is 10.0 Å². The van der Waals surface area contributed by atoms with Crippen LogP contribution in [0.25, 0.3) is 0 Å². The highest BCUT2D eigenvalue weighted by Gasteiger charge is 2.34. The van der Waals surface area contributed by atoms with E-state index < -0.39 is 28.5 Å². The minimum atomic E-state index is -3.94. The van der Waals surface area contributed by atoms with Crippen molar-refractivity contribution in [1.29, 1.82) is 0 Å². The largest absolute Gasteiger partial charge is 0.457 e. The molecule has 0 saturated heterocycles. The number of anilines is 1. The maximum atomic E-state index is 14.5. The first kappa shape index (κ1) is 35.3. The van der Waals surface area contributed by atoms with Gasteiger partial charge in [0.2, 0.25) is 21.8 Å². The van der Waals surface area contributed by atoms with Gasteiger partial charge in [0, 0.05) is 34.6 Å². The Kier molecular flexibility index (Phi) is 12.0. The van der Waals surface area contributed by atoms with Crippen LogP contribution in [-0.2, 0) is 32.6 Å². The summed E-state index contributed by atoms with van der Waals surface area (Å²) in [4.78, 5) is 30.0. The van der Waals surface area contributed by atoms with Crippen LogP contribution in [0, 0.1) is 0 Å². The molecule has 48 heavy (non-hydrogen) atoms. The minimum absolute atomic E-state index is 0.00508. The van der Waals surface area contributed by atoms with E-state index in [4.69, 9.17) is 27.9 Å². The van der Waals surface area contributed by atoms with Gasteiger partial charge in [-0.05, 0) is 66.9 Å². The second kappa shape index (κ2) is 16.4. The zero-order valence-corrected chi connectivity index (χ0v) is 29.1. The SMILES string of the molecule is CS(=O)(=O)N(CC(=O)N(Cc1c(Cl)cccc1Cl)[C@H](Cc1ccccc1)C(=O)NC1CCCCC1)c1ccc(Oc2ccccc2)cc1. The third kappa shape index (κ3) is 9.52. The Morgan fingerprint density at radius 1 is 0.812 bits per heavy atom. The Labute approximate surface area is 292 Å².